The largest absolute Gasteiger partial charge is 0.395 e. The average Bonchev–Trinajstić information content (AvgIpc) is 2.12. The molecule has 0 fully saturated rings. The highest BCUT2D eigenvalue weighted by molar-refractivity contribution is 9.09. The molecule has 0 amide bonds. The van der Waals surface area contributed by atoms with Crippen LogP contribution in [0.1, 0.15) is 0 Å². The molecule has 0 aromatic carbocycles. The predicted octanol–water partition coefficient (Wildman–Crippen LogP) is -0.780. The van der Waals surface area contributed by atoms with E-state index >= 15 is 0 Å². The number of alkyl halides is 2. The third-order valence-corrected chi connectivity index (χ3v) is 2.94. The third kappa shape index (κ3) is 3.68. The molecule has 0 aliphatic rings. The summed E-state index contributed by atoms with van der Waals surface area (Å²) in [5, 5.41) is 36.3. The lowest BCUT2D eigenvalue weighted by molar-refractivity contribution is -0.0528. The lowest BCUT2D eigenvalue weighted by Gasteiger charge is -2.24. The Morgan fingerprint density at radius 1 is 1.08 bits per heavy atom. The number of hydrogen-bond acceptors (Lipinski definition) is 4. The lowest BCUT2D eigenvalue weighted by Crippen LogP contribution is -2.44. The first-order valence-electron chi connectivity index (χ1n) is 3.39. The third-order valence-electron chi connectivity index (χ3n) is 1.45. The molecule has 0 unspecified atom stereocenters. The van der Waals surface area contributed by atoms with Gasteiger partial charge in [0.2, 0.25) is 0 Å². The van der Waals surface area contributed by atoms with Crippen molar-refractivity contribution >= 4 is 31.9 Å². The summed E-state index contributed by atoms with van der Waals surface area (Å²) in [7, 11) is 0. The standard InChI is InChI=1S/C6H12Br2O4/c7-1-4(10)6(12)5(11)3(8)2-9/h3-6,9-12H,1-2H2/t3-,4+,5+,6+/m0/s1. The fraction of sp³-hybridized carbons (Fsp3) is 1.00. The monoisotopic (exact) mass is 306 g/mol. The molecule has 0 bridgehead atoms. The molecule has 0 aromatic rings. The van der Waals surface area contributed by atoms with Crippen LogP contribution in [0, 0.1) is 0 Å². The molecule has 0 spiro atoms. The van der Waals surface area contributed by atoms with Crippen LogP contribution in [0.15, 0.2) is 0 Å². The fourth-order valence-corrected chi connectivity index (χ4v) is 1.34. The maximum atomic E-state index is 9.25. The maximum Gasteiger partial charge on any atom is 0.108 e. The summed E-state index contributed by atoms with van der Waals surface area (Å²) in [6, 6.07) is 0. The topological polar surface area (TPSA) is 80.9 Å². The van der Waals surface area contributed by atoms with Crippen molar-refractivity contribution in [1.82, 2.24) is 0 Å². The molecular weight excluding hydrogens is 296 g/mol. The molecule has 4 atom stereocenters. The van der Waals surface area contributed by atoms with E-state index in [1.807, 2.05) is 0 Å². The highest BCUT2D eigenvalue weighted by Crippen LogP contribution is 2.12. The molecule has 0 saturated heterocycles. The average molecular weight is 308 g/mol. The molecule has 0 aliphatic carbocycles. The van der Waals surface area contributed by atoms with Crippen LogP contribution in [-0.4, -0.2) is 55.5 Å². The van der Waals surface area contributed by atoms with Crippen LogP contribution >= 0.6 is 31.9 Å². The number of hydrogen-bond donors (Lipinski definition) is 4. The van der Waals surface area contributed by atoms with Crippen molar-refractivity contribution in [1.29, 1.82) is 0 Å². The zero-order valence-electron chi connectivity index (χ0n) is 6.27. The van der Waals surface area contributed by atoms with E-state index in [9.17, 15) is 10.2 Å². The van der Waals surface area contributed by atoms with Gasteiger partial charge < -0.3 is 20.4 Å². The van der Waals surface area contributed by atoms with Gasteiger partial charge in [0.05, 0.1) is 23.6 Å². The van der Waals surface area contributed by atoms with E-state index in [-0.39, 0.29) is 11.9 Å². The smallest absolute Gasteiger partial charge is 0.108 e. The van der Waals surface area contributed by atoms with Crippen molar-refractivity contribution in [2.45, 2.75) is 23.1 Å². The molecule has 12 heavy (non-hydrogen) atoms. The second-order valence-electron chi connectivity index (χ2n) is 2.40. The van der Waals surface area contributed by atoms with Crippen molar-refractivity contribution in [2.24, 2.45) is 0 Å². The summed E-state index contributed by atoms with van der Waals surface area (Å²) in [6.45, 7) is -0.298. The second-order valence-corrected chi connectivity index (χ2v) is 4.23. The Labute approximate surface area is 87.5 Å². The first-order chi connectivity index (χ1) is 5.54. The minimum atomic E-state index is -1.26. The predicted molar refractivity (Wildman–Crippen MR) is 51.6 cm³/mol. The molecule has 0 rings (SSSR count). The van der Waals surface area contributed by atoms with Gasteiger partial charge in [0.15, 0.2) is 0 Å². The van der Waals surface area contributed by atoms with E-state index in [4.69, 9.17) is 10.2 Å². The van der Waals surface area contributed by atoms with E-state index < -0.39 is 23.1 Å². The zero-order chi connectivity index (χ0) is 9.72. The maximum absolute atomic E-state index is 9.25. The van der Waals surface area contributed by atoms with Gasteiger partial charge >= 0.3 is 0 Å². The van der Waals surface area contributed by atoms with Gasteiger partial charge in [-0.25, -0.2) is 0 Å². The van der Waals surface area contributed by atoms with Gasteiger partial charge in [0.25, 0.3) is 0 Å². The Morgan fingerprint density at radius 3 is 1.92 bits per heavy atom. The summed E-state index contributed by atoms with van der Waals surface area (Å²) in [6.07, 6.45) is -3.48. The van der Waals surface area contributed by atoms with Crippen molar-refractivity contribution in [3.8, 4) is 0 Å². The molecule has 74 valence electrons. The van der Waals surface area contributed by atoms with Gasteiger partial charge in [-0.3, -0.25) is 0 Å². The van der Waals surface area contributed by atoms with Crippen molar-refractivity contribution < 1.29 is 20.4 Å². The normalized spacial score (nSPS) is 21.5. The molecule has 0 aliphatic heterocycles. The van der Waals surface area contributed by atoms with E-state index in [0.717, 1.165) is 0 Å². The molecule has 6 heteroatoms. The van der Waals surface area contributed by atoms with Gasteiger partial charge in [0, 0.05) is 5.33 Å². The van der Waals surface area contributed by atoms with Crippen LogP contribution in [0.5, 0.6) is 0 Å². The SMILES string of the molecule is OC[C@H](Br)[C@@H](O)[C@H](O)[C@H](O)CBr. The van der Waals surface area contributed by atoms with Gasteiger partial charge in [-0.15, -0.1) is 0 Å². The molecule has 0 aromatic heterocycles. The summed E-state index contributed by atoms with van der Waals surface area (Å²) >= 11 is 5.91. The zero-order valence-corrected chi connectivity index (χ0v) is 9.44. The Kier molecular flexibility index (Phi) is 6.70. The summed E-state index contributed by atoms with van der Waals surface area (Å²) in [5.41, 5.74) is 0. The van der Waals surface area contributed by atoms with E-state index in [0.29, 0.717) is 0 Å². The first kappa shape index (κ1) is 12.8. The van der Waals surface area contributed by atoms with Crippen LogP contribution in [0.2, 0.25) is 0 Å². The van der Waals surface area contributed by atoms with Crippen LogP contribution < -0.4 is 0 Å². The minimum absolute atomic E-state index is 0.177. The van der Waals surface area contributed by atoms with Crippen LogP contribution in [0.3, 0.4) is 0 Å². The van der Waals surface area contributed by atoms with Crippen molar-refractivity contribution in [2.75, 3.05) is 11.9 Å². The molecule has 4 nitrogen and oxygen atoms in total. The number of aliphatic hydroxyl groups is 4. The second kappa shape index (κ2) is 6.28. The van der Waals surface area contributed by atoms with Crippen molar-refractivity contribution in [3.05, 3.63) is 0 Å². The quantitative estimate of drug-likeness (QED) is 0.502. The number of aliphatic hydroxyl groups excluding tert-OH is 4. The highest BCUT2D eigenvalue weighted by atomic mass is 79.9. The van der Waals surface area contributed by atoms with Gasteiger partial charge in [-0.05, 0) is 0 Å². The first-order valence-corrected chi connectivity index (χ1v) is 5.43. The Hall–Kier alpha value is 0.800. The van der Waals surface area contributed by atoms with E-state index in [1.54, 1.807) is 0 Å². The Morgan fingerprint density at radius 2 is 1.58 bits per heavy atom. The van der Waals surface area contributed by atoms with Crippen molar-refractivity contribution in [3.63, 3.8) is 0 Å². The Balaban J connectivity index is 3.99. The molecule has 0 saturated carbocycles. The fourth-order valence-electron chi connectivity index (χ4n) is 0.641. The molecular formula is C6H12Br2O4. The summed E-state index contributed by atoms with van der Waals surface area (Å²) in [5.74, 6) is 0. The molecule has 4 N–H and O–H groups in total. The van der Waals surface area contributed by atoms with Gasteiger partial charge in [-0.2, -0.15) is 0 Å². The number of rotatable bonds is 5. The van der Waals surface area contributed by atoms with Gasteiger partial charge in [-0.1, -0.05) is 31.9 Å². The highest BCUT2D eigenvalue weighted by Gasteiger charge is 2.28. The summed E-state index contributed by atoms with van der Waals surface area (Å²) < 4.78 is 0. The minimum Gasteiger partial charge on any atom is -0.395 e. The van der Waals surface area contributed by atoms with Gasteiger partial charge in [0.1, 0.15) is 6.10 Å². The lowest BCUT2D eigenvalue weighted by atomic mass is 10.1. The number of halogens is 2. The Bertz CT molecular complexity index is 110. The molecule has 0 heterocycles. The van der Waals surface area contributed by atoms with Crippen LogP contribution in [-0.2, 0) is 0 Å². The van der Waals surface area contributed by atoms with Crippen LogP contribution in [0.4, 0.5) is 0 Å². The molecule has 0 radical (unpaired) electrons. The van der Waals surface area contributed by atoms with E-state index in [1.165, 1.54) is 0 Å². The summed E-state index contributed by atoms with van der Waals surface area (Å²) in [4.78, 5) is -0.624. The van der Waals surface area contributed by atoms with E-state index in [2.05, 4.69) is 31.9 Å². The van der Waals surface area contributed by atoms with Crippen LogP contribution in [0.25, 0.3) is 0 Å².